The van der Waals surface area contributed by atoms with Crippen LogP contribution >= 0.6 is 27.7 Å². The lowest BCUT2D eigenvalue weighted by Crippen LogP contribution is -2.60. The van der Waals surface area contributed by atoms with Crippen LogP contribution in [0.1, 0.15) is 36.2 Å². The van der Waals surface area contributed by atoms with Crippen molar-refractivity contribution in [3.05, 3.63) is 92.9 Å². The maximum atomic E-state index is 16.0. The number of carbonyl (C=O) groups excluding carboxylic acids is 2. The van der Waals surface area contributed by atoms with Crippen LogP contribution in [0.5, 0.6) is 0 Å². The summed E-state index contributed by atoms with van der Waals surface area (Å²) in [5.41, 5.74) is 1.57. The Balaban J connectivity index is 1.07. The first-order valence-electron chi connectivity index (χ1n) is 14.1. The third-order valence-corrected chi connectivity index (χ3v) is 10.2. The summed E-state index contributed by atoms with van der Waals surface area (Å²) in [5.74, 6) is 0.00269. The summed E-state index contributed by atoms with van der Waals surface area (Å²) < 4.78 is 20.0. The number of piperidine rings is 1. The Kier molecular flexibility index (Phi) is 7.00. The number of hydrogen-bond acceptors (Lipinski definition) is 6. The Hall–Kier alpha value is -3.77. The molecule has 3 aliphatic rings. The van der Waals surface area contributed by atoms with E-state index in [2.05, 4.69) is 26.2 Å². The van der Waals surface area contributed by atoms with Crippen LogP contribution in [0.25, 0.3) is 11.1 Å². The number of nitrogens with zero attached hydrogens (tertiary/aromatic N) is 6. The van der Waals surface area contributed by atoms with Crippen molar-refractivity contribution in [2.24, 2.45) is 0 Å². The minimum Gasteiger partial charge on any atom is -0.333 e. The van der Waals surface area contributed by atoms with Crippen molar-refractivity contribution in [1.82, 2.24) is 24.5 Å². The lowest BCUT2D eigenvalue weighted by Gasteiger charge is -2.44. The highest BCUT2D eigenvalue weighted by molar-refractivity contribution is 9.10. The molecule has 0 N–H and O–H groups in total. The predicted molar refractivity (Wildman–Crippen MR) is 165 cm³/mol. The number of likely N-dealkylation sites (tertiary alicyclic amines) is 1. The SMILES string of the molecule is Cc1cc(=O)n2c(c1-c1ccccc1)SCC2C(=O)N1CC(F)(c2cn(C3CCCN(c4ccc(Br)cc4)C3=O)nn2)C1. The maximum Gasteiger partial charge on any atom is 0.252 e. The zero-order chi connectivity index (χ0) is 29.9. The third kappa shape index (κ3) is 4.80. The molecule has 0 bridgehead atoms. The van der Waals surface area contributed by atoms with Crippen LogP contribution in [-0.4, -0.2) is 61.7 Å². The topological polar surface area (TPSA) is 93.3 Å². The first kappa shape index (κ1) is 28.0. The largest absolute Gasteiger partial charge is 0.333 e. The quantitative estimate of drug-likeness (QED) is 0.302. The highest BCUT2D eigenvalue weighted by Gasteiger charge is 2.52. The van der Waals surface area contributed by atoms with Crippen molar-refractivity contribution >= 4 is 45.2 Å². The van der Waals surface area contributed by atoms with Gasteiger partial charge in [0.05, 0.1) is 24.3 Å². The van der Waals surface area contributed by atoms with Crippen molar-refractivity contribution in [2.45, 2.75) is 42.5 Å². The van der Waals surface area contributed by atoms with E-state index < -0.39 is 17.8 Å². The third-order valence-electron chi connectivity index (χ3n) is 8.47. The number of rotatable bonds is 5. The van der Waals surface area contributed by atoms with E-state index in [0.29, 0.717) is 18.7 Å². The summed E-state index contributed by atoms with van der Waals surface area (Å²) in [4.78, 5) is 43.2. The monoisotopic (exact) mass is 662 g/mol. The molecule has 9 nitrogen and oxygen atoms in total. The van der Waals surface area contributed by atoms with Gasteiger partial charge < -0.3 is 9.80 Å². The van der Waals surface area contributed by atoms with Crippen molar-refractivity contribution < 1.29 is 14.0 Å². The van der Waals surface area contributed by atoms with E-state index in [1.165, 1.54) is 27.5 Å². The number of halogens is 2. The Morgan fingerprint density at radius 1 is 1.09 bits per heavy atom. The lowest BCUT2D eigenvalue weighted by molar-refractivity contribution is -0.149. The molecule has 0 aliphatic carbocycles. The summed E-state index contributed by atoms with van der Waals surface area (Å²) in [6, 6.07) is 17.6. The molecule has 2 amide bonds. The van der Waals surface area contributed by atoms with Crippen LogP contribution in [0.4, 0.5) is 10.1 Å². The summed E-state index contributed by atoms with van der Waals surface area (Å²) in [6.45, 7) is 2.13. The van der Waals surface area contributed by atoms with Crippen LogP contribution in [0.2, 0.25) is 0 Å². The molecule has 220 valence electrons. The number of alkyl halides is 1. The zero-order valence-electron chi connectivity index (χ0n) is 23.3. The fourth-order valence-electron chi connectivity index (χ4n) is 6.22. The number of fused-ring (bicyclic) bond motifs is 1. The Morgan fingerprint density at radius 2 is 1.84 bits per heavy atom. The standard InChI is InChI=1S/C31H28BrFN6O3S/c1-19-14-26(40)39-24(16-43-30(39)27(19)20-6-3-2-4-7-20)28(41)36-17-31(33,18-36)25-15-38(35-34-25)23-8-5-13-37(29(23)42)22-11-9-21(32)10-12-22/h2-4,6-7,9-12,14-15,23-24H,5,8,13,16-18H2,1H3. The summed E-state index contributed by atoms with van der Waals surface area (Å²) in [6.07, 6.45) is 2.85. The van der Waals surface area contributed by atoms with Gasteiger partial charge in [-0.05, 0) is 55.2 Å². The second-order valence-corrected chi connectivity index (χ2v) is 13.2. The zero-order valence-corrected chi connectivity index (χ0v) is 25.7. The van der Waals surface area contributed by atoms with Gasteiger partial charge in [0.25, 0.3) is 11.5 Å². The lowest BCUT2D eigenvalue weighted by atomic mass is 9.92. The second kappa shape index (κ2) is 10.7. The fraction of sp³-hybridized carbons (Fsp3) is 0.323. The van der Waals surface area contributed by atoms with Crippen molar-refractivity contribution in [1.29, 1.82) is 0 Å². The summed E-state index contributed by atoms with van der Waals surface area (Å²) in [7, 11) is 0. The van der Waals surface area contributed by atoms with E-state index in [9.17, 15) is 14.4 Å². The number of anilines is 1. The molecule has 2 fully saturated rings. The number of benzene rings is 2. The minimum absolute atomic E-state index is 0.102. The number of thioether (sulfide) groups is 1. The molecule has 3 aliphatic heterocycles. The molecule has 7 rings (SSSR count). The normalized spacial score (nSPS) is 21.0. The van der Waals surface area contributed by atoms with E-state index in [0.717, 1.165) is 38.3 Å². The number of pyridine rings is 1. The van der Waals surface area contributed by atoms with E-state index in [1.807, 2.05) is 61.5 Å². The van der Waals surface area contributed by atoms with Gasteiger partial charge in [0.2, 0.25) is 5.91 Å². The molecule has 43 heavy (non-hydrogen) atoms. The summed E-state index contributed by atoms with van der Waals surface area (Å²) >= 11 is 4.90. The Morgan fingerprint density at radius 3 is 2.58 bits per heavy atom. The number of amides is 2. The van der Waals surface area contributed by atoms with Gasteiger partial charge in [0, 0.05) is 34.1 Å². The first-order chi connectivity index (χ1) is 20.7. The number of carbonyl (C=O) groups is 2. The predicted octanol–water partition coefficient (Wildman–Crippen LogP) is 4.90. The van der Waals surface area contributed by atoms with E-state index in [1.54, 1.807) is 15.5 Å². The molecule has 4 aromatic rings. The van der Waals surface area contributed by atoms with E-state index in [-0.39, 0.29) is 36.2 Å². The van der Waals surface area contributed by atoms with Gasteiger partial charge in [-0.2, -0.15) is 0 Å². The van der Waals surface area contributed by atoms with Crippen molar-refractivity contribution in [3.63, 3.8) is 0 Å². The Bertz CT molecular complexity index is 1790. The molecule has 12 heteroatoms. The van der Waals surface area contributed by atoms with Crippen molar-refractivity contribution in [2.75, 3.05) is 30.3 Å². The van der Waals surface area contributed by atoms with Crippen LogP contribution in [-0.2, 0) is 15.3 Å². The molecule has 2 saturated heterocycles. The van der Waals surface area contributed by atoms with Gasteiger partial charge in [-0.25, -0.2) is 9.07 Å². The molecular formula is C31H28BrFN6O3S. The van der Waals surface area contributed by atoms with Gasteiger partial charge in [-0.1, -0.05) is 51.5 Å². The Labute approximate surface area is 259 Å². The highest BCUT2D eigenvalue weighted by Crippen LogP contribution is 2.43. The minimum atomic E-state index is -1.88. The van der Waals surface area contributed by atoms with E-state index in [4.69, 9.17) is 0 Å². The van der Waals surface area contributed by atoms with Gasteiger partial charge >= 0.3 is 0 Å². The van der Waals surface area contributed by atoms with Gasteiger partial charge in [0.15, 0.2) is 5.67 Å². The fourth-order valence-corrected chi connectivity index (χ4v) is 7.88. The molecule has 0 radical (unpaired) electrons. The van der Waals surface area contributed by atoms with Crippen LogP contribution < -0.4 is 10.5 Å². The highest BCUT2D eigenvalue weighted by atomic mass is 79.9. The number of hydrogen-bond donors (Lipinski definition) is 0. The maximum absolute atomic E-state index is 16.0. The molecule has 2 atom stereocenters. The van der Waals surface area contributed by atoms with Gasteiger partial charge in [0.1, 0.15) is 17.8 Å². The van der Waals surface area contributed by atoms with Crippen molar-refractivity contribution in [3.8, 4) is 11.1 Å². The molecule has 0 spiro atoms. The molecule has 5 heterocycles. The van der Waals surface area contributed by atoms with Gasteiger partial charge in [-0.15, -0.1) is 16.9 Å². The molecular weight excluding hydrogens is 635 g/mol. The van der Waals surface area contributed by atoms with E-state index >= 15 is 4.39 Å². The average molecular weight is 664 g/mol. The molecule has 0 saturated carbocycles. The molecule has 2 aromatic heterocycles. The molecule has 2 aromatic carbocycles. The van der Waals surface area contributed by atoms with Crippen LogP contribution in [0.15, 0.2) is 81.2 Å². The number of aromatic nitrogens is 4. The second-order valence-electron chi connectivity index (χ2n) is 11.3. The smallest absolute Gasteiger partial charge is 0.252 e. The summed E-state index contributed by atoms with van der Waals surface area (Å²) in [5, 5.41) is 8.99. The number of aryl methyl sites for hydroxylation is 1. The average Bonchev–Trinajstić information content (AvgIpc) is 3.65. The molecule has 2 unspecified atom stereocenters. The van der Waals surface area contributed by atoms with Crippen LogP contribution in [0, 0.1) is 6.92 Å². The van der Waals surface area contributed by atoms with Gasteiger partial charge in [-0.3, -0.25) is 19.0 Å². The first-order valence-corrected chi connectivity index (χ1v) is 15.9. The van der Waals surface area contributed by atoms with Crippen LogP contribution in [0.3, 0.4) is 0 Å².